The molecule has 20 heavy (non-hydrogen) atoms. The number of ether oxygens (including phenoxy) is 1. The normalized spacial score (nSPS) is 10.5. The van der Waals surface area contributed by atoms with E-state index < -0.39 is 0 Å². The number of amides is 1. The van der Waals surface area contributed by atoms with Gasteiger partial charge in [0.1, 0.15) is 6.54 Å². The number of hydrogen-bond acceptors (Lipinski definition) is 3. The van der Waals surface area contributed by atoms with Gasteiger partial charge >= 0.3 is 5.97 Å². The lowest BCUT2D eigenvalue weighted by Crippen LogP contribution is -2.41. The molecule has 0 aliphatic rings. The summed E-state index contributed by atoms with van der Waals surface area (Å²) in [5.41, 5.74) is 1.46. The van der Waals surface area contributed by atoms with E-state index in [2.05, 4.69) is 15.9 Å². The van der Waals surface area contributed by atoms with Gasteiger partial charge in [-0.3, -0.25) is 9.59 Å². The van der Waals surface area contributed by atoms with Crippen LogP contribution in [0.15, 0.2) is 22.7 Å². The number of nitrogens with zero attached hydrogens (tertiary/aromatic N) is 1. The molecule has 4 nitrogen and oxygen atoms in total. The van der Waals surface area contributed by atoms with Gasteiger partial charge in [-0.2, -0.15) is 0 Å². The molecule has 0 N–H and O–H groups in total. The summed E-state index contributed by atoms with van der Waals surface area (Å²) in [6.45, 7) is 7.66. The number of hydrogen-bond donors (Lipinski definition) is 0. The maximum absolute atomic E-state index is 12.6. The van der Waals surface area contributed by atoms with Gasteiger partial charge in [0.2, 0.25) is 0 Å². The van der Waals surface area contributed by atoms with Crippen LogP contribution in [0.5, 0.6) is 0 Å². The maximum Gasteiger partial charge on any atom is 0.325 e. The fraction of sp³-hybridized carbons (Fsp3) is 0.467. The lowest BCUT2D eigenvalue weighted by atomic mass is 10.1. The van der Waals surface area contributed by atoms with Crippen molar-refractivity contribution in [2.45, 2.75) is 33.7 Å². The Bertz CT molecular complexity index is 500. The first kappa shape index (κ1) is 16.7. The predicted molar refractivity (Wildman–Crippen MR) is 81.7 cm³/mol. The van der Waals surface area contributed by atoms with Crippen LogP contribution in [-0.2, 0) is 9.53 Å². The van der Waals surface area contributed by atoms with Crippen molar-refractivity contribution in [2.75, 3.05) is 13.2 Å². The zero-order valence-electron chi connectivity index (χ0n) is 12.3. The third-order valence-corrected chi connectivity index (χ3v) is 3.85. The van der Waals surface area contributed by atoms with Gasteiger partial charge in [0.25, 0.3) is 5.91 Å². The summed E-state index contributed by atoms with van der Waals surface area (Å²) in [6, 6.07) is 5.39. The second kappa shape index (κ2) is 7.43. The Balaban J connectivity index is 3.00. The van der Waals surface area contributed by atoms with Gasteiger partial charge in [0, 0.05) is 16.1 Å². The summed E-state index contributed by atoms with van der Waals surface area (Å²) in [5, 5.41) is 0. The minimum atomic E-state index is -0.387. The molecule has 0 heterocycles. The molecule has 0 unspecified atom stereocenters. The smallest absolute Gasteiger partial charge is 0.325 e. The first-order valence-electron chi connectivity index (χ1n) is 6.60. The highest BCUT2D eigenvalue weighted by Gasteiger charge is 2.23. The van der Waals surface area contributed by atoms with Gasteiger partial charge in [0.05, 0.1) is 6.61 Å². The SMILES string of the molecule is CCOC(=O)CN(C(=O)c1cccc(Br)c1C)C(C)C. The highest BCUT2D eigenvalue weighted by Crippen LogP contribution is 2.21. The Morgan fingerprint density at radius 1 is 1.35 bits per heavy atom. The van der Waals surface area contributed by atoms with Crippen molar-refractivity contribution in [3.05, 3.63) is 33.8 Å². The first-order valence-corrected chi connectivity index (χ1v) is 7.39. The standard InChI is InChI=1S/C15H20BrNO3/c1-5-20-14(18)9-17(10(2)3)15(19)12-7-6-8-13(16)11(12)4/h6-8,10H,5,9H2,1-4H3. The first-order chi connectivity index (χ1) is 9.38. The topological polar surface area (TPSA) is 46.6 Å². The molecule has 5 heteroatoms. The van der Waals surface area contributed by atoms with Crippen LogP contribution in [0.2, 0.25) is 0 Å². The number of esters is 1. The second-order valence-corrected chi connectivity index (χ2v) is 5.60. The highest BCUT2D eigenvalue weighted by atomic mass is 79.9. The number of carbonyl (C=O) groups excluding carboxylic acids is 2. The number of carbonyl (C=O) groups is 2. The average Bonchev–Trinajstić information content (AvgIpc) is 2.38. The van der Waals surface area contributed by atoms with Crippen LogP contribution < -0.4 is 0 Å². The summed E-state index contributed by atoms with van der Waals surface area (Å²) in [6.07, 6.45) is 0. The van der Waals surface area contributed by atoms with Crippen molar-refractivity contribution in [3.63, 3.8) is 0 Å². The summed E-state index contributed by atoms with van der Waals surface area (Å²) in [7, 11) is 0. The van der Waals surface area contributed by atoms with Crippen LogP contribution in [0.25, 0.3) is 0 Å². The van der Waals surface area contributed by atoms with E-state index in [1.807, 2.05) is 32.9 Å². The highest BCUT2D eigenvalue weighted by molar-refractivity contribution is 9.10. The van der Waals surface area contributed by atoms with E-state index in [-0.39, 0.29) is 24.5 Å². The van der Waals surface area contributed by atoms with E-state index in [1.54, 1.807) is 13.0 Å². The molecule has 1 aromatic rings. The zero-order chi connectivity index (χ0) is 15.3. The summed E-state index contributed by atoms with van der Waals surface area (Å²) < 4.78 is 5.80. The van der Waals surface area contributed by atoms with E-state index in [0.717, 1.165) is 10.0 Å². The monoisotopic (exact) mass is 341 g/mol. The van der Waals surface area contributed by atoms with E-state index in [1.165, 1.54) is 4.90 Å². The third-order valence-electron chi connectivity index (χ3n) is 2.99. The summed E-state index contributed by atoms with van der Waals surface area (Å²) >= 11 is 3.41. The van der Waals surface area contributed by atoms with E-state index >= 15 is 0 Å². The summed E-state index contributed by atoms with van der Waals surface area (Å²) in [5.74, 6) is -0.547. The van der Waals surface area contributed by atoms with Gasteiger partial charge in [-0.1, -0.05) is 22.0 Å². The molecule has 0 aromatic heterocycles. The molecule has 0 radical (unpaired) electrons. The van der Waals surface area contributed by atoms with Crippen LogP contribution in [0, 0.1) is 6.92 Å². The zero-order valence-corrected chi connectivity index (χ0v) is 13.9. The largest absolute Gasteiger partial charge is 0.465 e. The Labute approximate surface area is 128 Å². The van der Waals surface area contributed by atoms with Crippen LogP contribution in [-0.4, -0.2) is 36.0 Å². The maximum atomic E-state index is 12.6. The number of rotatable bonds is 5. The van der Waals surface area contributed by atoms with Gasteiger partial charge in [-0.25, -0.2) is 0 Å². The third kappa shape index (κ3) is 4.07. The molecule has 0 atom stereocenters. The molecule has 1 rings (SSSR count). The van der Waals surface area contributed by atoms with Crippen molar-refractivity contribution < 1.29 is 14.3 Å². The van der Waals surface area contributed by atoms with Crippen LogP contribution >= 0.6 is 15.9 Å². The van der Waals surface area contributed by atoms with Gasteiger partial charge < -0.3 is 9.64 Å². The van der Waals surface area contributed by atoms with Crippen molar-refractivity contribution in [3.8, 4) is 0 Å². The Morgan fingerprint density at radius 2 is 2.00 bits per heavy atom. The molecule has 1 aromatic carbocycles. The molecule has 0 spiro atoms. The molecule has 0 aliphatic heterocycles. The lowest BCUT2D eigenvalue weighted by molar-refractivity contribution is -0.144. The Morgan fingerprint density at radius 3 is 2.55 bits per heavy atom. The van der Waals surface area contributed by atoms with Crippen molar-refractivity contribution in [1.82, 2.24) is 4.90 Å². The molecule has 0 saturated heterocycles. The van der Waals surface area contributed by atoms with Crippen LogP contribution in [0.3, 0.4) is 0 Å². The van der Waals surface area contributed by atoms with Crippen molar-refractivity contribution in [2.24, 2.45) is 0 Å². The molecule has 110 valence electrons. The molecule has 0 fully saturated rings. The fourth-order valence-electron chi connectivity index (χ4n) is 1.83. The van der Waals surface area contributed by atoms with Gasteiger partial charge in [-0.05, 0) is 45.4 Å². The second-order valence-electron chi connectivity index (χ2n) is 4.74. The van der Waals surface area contributed by atoms with Crippen LogP contribution in [0.1, 0.15) is 36.7 Å². The lowest BCUT2D eigenvalue weighted by Gasteiger charge is -2.26. The average molecular weight is 342 g/mol. The minimum absolute atomic E-state index is 0.0315. The minimum Gasteiger partial charge on any atom is -0.465 e. The van der Waals surface area contributed by atoms with E-state index in [4.69, 9.17) is 4.74 Å². The Hall–Kier alpha value is -1.36. The van der Waals surface area contributed by atoms with Crippen molar-refractivity contribution >= 4 is 27.8 Å². The fourth-order valence-corrected chi connectivity index (χ4v) is 2.19. The van der Waals surface area contributed by atoms with Crippen molar-refractivity contribution in [1.29, 1.82) is 0 Å². The van der Waals surface area contributed by atoms with Gasteiger partial charge in [-0.15, -0.1) is 0 Å². The predicted octanol–water partition coefficient (Wildman–Crippen LogP) is 3.17. The number of benzene rings is 1. The Kier molecular flexibility index (Phi) is 6.20. The molecule has 0 aliphatic carbocycles. The number of halogens is 1. The molecule has 0 saturated carbocycles. The molecular weight excluding hydrogens is 322 g/mol. The summed E-state index contributed by atoms with van der Waals surface area (Å²) in [4.78, 5) is 25.7. The molecular formula is C15H20BrNO3. The van der Waals surface area contributed by atoms with E-state index in [9.17, 15) is 9.59 Å². The molecule has 0 bridgehead atoms. The molecule has 1 amide bonds. The van der Waals surface area contributed by atoms with Crippen LogP contribution in [0.4, 0.5) is 0 Å². The quantitative estimate of drug-likeness (QED) is 0.772. The van der Waals surface area contributed by atoms with Gasteiger partial charge in [0.15, 0.2) is 0 Å². The van der Waals surface area contributed by atoms with E-state index in [0.29, 0.717) is 12.2 Å².